The Morgan fingerprint density at radius 3 is 2.20 bits per heavy atom. The van der Waals surface area contributed by atoms with Gasteiger partial charge in [0.15, 0.2) is 0 Å². The number of alkyl halides is 3. The van der Waals surface area contributed by atoms with Crippen molar-refractivity contribution in [3.63, 3.8) is 0 Å². The summed E-state index contributed by atoms with van der Waals surface area (Å²) in [6.07, 6.45) is -3.03. The molecule has 1 atom stereocenters. The zero-order valence-corrected chi connectivity index (χ0v) is 12.7. The molecule has 2 heterocycles. The van der Waals surface area contributed by atoms with Gasteiger partial charge in [-0.1, -0.05) is 0 Å². The molecular formula is C13H22ClF3N2O. The van der Waals surface area contributed by atoms with Gasteiger partial charge >= 0.3 is 6.18 Å². The maximum absolute atomic E-state index is 13.3. The van der Waals surface area contributed by atoms with E-state index < -0.39 is 17.5 Å². The third-order valence-electron chi connectivity index (χ3n) is 4.72. The number of halogens is 4. The second-order valence-corrected chi connectivity index (χ2v) is 5.99. The van der Waals surface area contributed by atoms with E-state index in [-0.39, 0.29) is 24.7 Å². The number of carbonyl (C=O) groups is 1. The zero-order chi connectivity index (χ0) is 14.3. The maximum atomic E-state index is 13.3. The highest BCUT2D eigenvalue weighted by molar-refractivity contribution is 5.85. The fourth-order valence-corrected chi connectivity index (χ4v) is 3.67. The van der Waals surface area contributed by atoms with E-state index in [1.54, 1.807) is 4.90 Å². The fourth-order valence-electron chi connectivity index (χ4n) is 3.67. The molecule has 20 heavy (non-hydrogen) atoms. The molecule has 0 aliphatic carbocycles. The molecule has 118 valence electrons. The maximum Gasteiger partial charge on any atom is 0.392 e. The van der Waals surface area contributed by atoms with E-state index in [2.05, 4.69) is 0 Å². The quantitative estimate of drug-likeness (QED) is 0.686. The predicted molar refractivity (Wildman–Crippen MR) is 72.8 cm³/mol. The summed E-state index contributed by atoms with van der Waals surface area (Å²) in [6, 6.07) is 0. The minimum Gasteiger partial charge on any atom is -0.343 e. The molecule has 2 aliphatic heterocycles. The Balaban J connectivity index is 0.00000200. The number of amides is 1. The van der Waals surface area contributed by atoms with Crippen LogP contribution in [-0.4, -0.2) is 55.1 Å². The Labute approximate surface area is 123 Å². The van der Waals surface area contributed by atoms with Gasteiger partial charge in [-0.3, -0.25) is 4.79 Å². The summed E-state index contributed by atoms with van der Waals surface area (Å²) in [5, 5.41) is 0. The van der Waals surface area contributed by atoms with E-state index in [9.17, 15) is 18.0 Å². The predicted octanol–water partition coefficient (Wildman–Crippen LogP) is 2.55. The average molecular weight is 315 g/mol. The Hall–Kier alpha value is -0.490. The van der Waals surface area contributed by atoms with Gasteiger partial charge in [0, 0.05) is 26.6 Å². The first-order valence-corrected chi connectivity index (χ1v) is 6.75. The summed E-state index contributed by atoms with van der Waals surface area (Å²) in [7, 11) is 1.88. The van der Waals surface area contributed by atoms with Crippen LogP contribution in [0.1, 0.15) is 26.2 Å². The number of nitrogens with zero attached hydrogens (tertiary/aromatic N) is 2. The molecule has 0 bridgehead atoms. The second-order valence-electron chi connectivity index (χ2n) is 5.99. The molecular weight excluding hydrogens is 293 g/mol. The number of carbonyl (C=O) groups excluding carboxylic acids is 1. The molecule has 0 saturated carbocycles. The van der Waals surface area contributed by atoms with Gasteiger partial charge in [0.25, 0.3) is 0 Å². The highest BCUT2D eigenvalue weighted by atomic mass is 35.5. The van der Waals surface area contributed by atoms with Crippen LogP contribution >= 0.6 is 12.4 Å². The van der Waals surface area contributed by atoms with Gasteiger partial charge in [-0.2, -0.15) is 13.2 Å². The number of likely N-dealkylation sites (tertiary alicyclic amines) is 2. The standard InChI is InChI=1S/C13H21F3N2O.ClH/c1-10(19)18-7-4-12(5-8-18)9-17(2)6-3-11(12)13(14,15)16;/h11H,3-9H2,1-2H3;1H/t11-;/m0./s1. The van der Waals surface area contributed by atoms with Gasteiger partial charge in [0.05, 0.1) is 5.92 Å². The van der Waals surface area contributed by atoms with Crippen molar-refractivity contribution >= 4 is 18.3 Å². The highest BCUT2D eigenvalue weighted by Crippen LogP contribution is 2.50. The van der Waals surface area contributed by atoms with Crippen LogP contribution in [0.2, 0.25) is 0 Å². The van der Waals surface area contributed by atoms with E-state index in [4.69, 9.17) is 0 Å². The molecule has 7 heteroatoms. The molecule has 1 spiro atoms. The van der Waals surface area contributed by atoms with Crippen LogP contribution in [0.25, 0.3) is 0 Å². The van der Waals surface area contributed by atoms with Crippen LogP contribution in [0.15, 0.2) is 0 Å². The molecule has 0 radical (unpaired) electrons. The fraction of sp³-hybridized carbons (Fsp3) is 0.923. The first-order valence-electron chi connectivity index (χ1n) is 6.75. The van der Waals surface area contributed by atoms with Crippen LogP contribution in [0.4, 0.5) is 13.2 Å². The second kappa shape index (κ2) is 6.10. The van der Waals surface area contributed by atoms with E-state index >= 15 is 0 Å². The molecule has 0 aromatic carbocycles. The lowest BCUT2D eigenvalue weighted by Crippen LogP contribution is -2.57. The Morgan fingerprint density at radius 1 is 1.20 bits per heavy atom. The van der Waals surface area contributed by atoms with Gasteiger partial charge < -0.3 is 9.80 Å². The number of hydrogen-bond acceptors (Lipinski definition) is 2. The summed E-state index contributed by atoms with van der Waals surface area (Å²) in [5.74, 6) is -1.26. The summed E-state index contributed by atoms with van der Waals surface area (Å²) in [6.45, 7) is 3.38. The van der Waals surface area contributed by atoms with Crippen molar-refractivity contribution in [2.75, 3.05) is 33.2 Å². The van der Waals surface area contributed by atoms with Crippen molar-refractivity contribution in [3.05, 3.63) is 0 Å². The summed E-state index contributed by atoms with van der Waals surface area (Å²) >= 11 is 0. The zero-order valence-electron chi connectivity index (χ0n) is 11.9. The van der Waals surface area contributed by atoms with Crippen molar-refractivity contribution in [2.45, 2.75) is 32.4 Å². The van der Waals surface area contributed by atoms with Gasteiger partial charge in [0.1, 0.15) is 0 Å². The number of piperidine rings is 2. The molecule has 0 unspecified atom stereocenters. The van der Waals surface area contributed by atoms with Crippen LogP contribution in [0.5, 0.6) is 0 Å². The first kappa shape index (κ1) is 17.6. The molecule has 2 fully saturated rings. The Kier molecular flexibility index (Phi) is 5.35. The van der Waals surface area contributed by atoms with Gasteiger partial charge in [0.2, 0.25) is 5.91 Å². The lowest BCUT2D eigenvalue weighted by molar-refractivity contribution is -0.229. The molecule has 0 aromatic heterocycles. The van der Waals surface area contributed by atoms with Crippen LogP contribution in [-0.2, 0) is 4.79 Å². The topological polar surface area (TPSA) is 23.6 Å². The average Bonchev–Trinajstić information content (AvgIpc) is 2.27. The molecule has 2 rings (SSSR count). The molecule has 1 amide bonds. The Bertz CT molecular complexity index is 354. The van der Waals surface area contributed by atoms with Gasteiger partial charge in [-0.25, -0.2) is 0 Å². The lowest BCUT2D eigenvalue weighted by atomic mass is 9.65. The van der Waals surface area contributed by atoms with Crippen molar-refractivity contribution in [1.29, 1.82) is 0 Å². The van der Waals surface area contributed by atoms with Crippen LogP contribution in [0, 0.1) is 11.3 Å². The molecule has 0 N–H and O–H groups in total. The van der Waals surface area contributed by atoms with Crippen molar-refractivity contribution in [2.24, 2.45) is 11.3 Å². The van der Waals surface area contributed by atoms with Gasteiger partial charge in [-0.05, 0) is 38.3 Å². The van der Waals surface area contributed by atoms with Crippen molar-refractivity contribution in [1.82, 2.24) is 9.80 Å². The third-order valence-corrected chi connectivity index (χ3v) is 4.72. The normalized spacial score (nSPS) is 27.2. The minimum absolute atomic E-state index is 0. The first-order chi connectivity index (χ1) is 8.74. The molecule has 2 saturated heterocycles. The summed E-state index contributed by atoms with van der Waals surface area (Å²) in [4.78, 5) is 15.0. The number of hydrogen-bond donors (Lipinski definition) is 0. The van der Waals surface area contributed by atoms with E-state index in [0.29, 0.717) is 39.0 Å². The van der Waals surface area contributed by atoms with E-state index in [1.165, 1.54) is 6.92 Å². The van der Waals surface area contributed by atoms with Crippen LogP contribution < -0.4 is 0 Å². The third kappa shape index (κ3) is 3.39. The summed E-state index contributed by atoms with van der Waals surface area (Å²) in [5.41, 5.74) is -0.697. The lowest BCUT2D eigenvalue weighted by Gasteiger charge is -2.51. The van der Waals surface area contributed by atoms with Crippen LogP contribution in [0.3, 0.4) is 0 Å². The monoisotopic (exact) mass is 314 g/mol. The van der Waals surface area contributed by atoms with E-state index in [0.717, 1.165) is 0 Å². The molecule has 2 aliphatic rings. The van der Waals surface area contributed by atoms with Crippen molar-refractivity contribution in [3.8, 4) is 0 Å². The minimum atomic E-state index is -4.13. The van der Waals surface area contributed by atoms with Crippen molar-refractivity contribution < 1.29 is 18.0 Å². The summed E-state index contributed by atoms with van der Waals surface area (Å²) < 4.78 is 39.8. The highest BCUT2D eigenvalue weighted by Gasteiger charge is 2.55. The molecule has 3 nitrogen and oxygen atoms in total. The number of rotatable bonds is 0. The molecule has 0 aromatic rings. The van der Waals surface area contributed by atoms with E-state index in [1.807, 2.05) is 11.9 Å². The SMILES string of the molecule is CC(=O)N1CCC2(CC1)CN(C)CC[C@@H]2C(F)(F)F.Cl. The smallest absolute Gasteiger partial charge is 0.343 e. The Morgan fingerprint density at radius 2 is 1.75 bits per heavy atom. The largest absolute Gasteiger partial charge is 0.392 e. The van der Waals surface area contributed by atoms with Gasteiger partial charge in [-0.15, -0.1) is 12.4 Å².